The molecule has 2 fully saturated rings. The van der Waals surface area contributed by atoms with Crippen molar-refractivity contribution in [2.24, 2.45) is 5.92 Å². The van der Waals surface area contributed by atoms with Crippen molar-refractivity contribution in [3.63, 3.8) is 0 Å². The third-order valence-electron chi connectivity index (χ3n) is 3.59. The van der Waals surface area contributed by atoms with Gasteiger partial charge in [-0.05, 0) is 18.8 Å². The molecule has 1 saturated carbocycles. The van der Waals surface area contributed by atoms with E-state index in [-0.39, 0.29) is 16.9 Å². The lowest BCUT2D eigenvalue weighted by Crippen LogP contribution is -2.54. The molecule has 0 aromatic carbocycles. The average molecular weight is 212 g/mol. The van der Waals surface area contributed by atoms with E-state index in [9.17, 15) is 14.9 Å². The summed E-state index contributed by atoms with van der Waals surface area (Å²) >= 11 is 0. The van der Waals surface area contributed by atoms with Gasteiger partial charge >= 0.3 is 0 Å². The van der Waals surface area contributed by atoms with Crippen LogP contribution in [0.1, 0.15) is 38.5 Å². The van der Waals surface area contributed by atoms with Crippen LogP contribution in [0.3, 0.4) is 0 Å². The second kappa shape index (κ2) is 4.16. The number of rotatable bonds is 2. The second-order valence-electron chi connectivity index (χ2n) is 4.53. The Labute approximate surface area is 88.4 Å². The Balaban J connectivity index is 2.08. The van der Waals surface area contributed by atoms with E-state index >= 15 is 0 Å². The number of nitrogens with zero attached hydrogens (tertiary/aromatic N) is 1. The summed E-state index contributed by atoms with van der Waals surface area (Å²) < 4.78 is 0. The molecule has 1 aliphatic carbocycles. The van der Waals surface area contributed by atoms with Gasteiger partial charge in [0.1, 0.15) is 0 Å². The maximum absolute atomic E-state index is 11.3. The number of hydrogen-bond donors (Lipinski definition) is 1. The summed E-state index contributed by atoms with van der Waals surface area (Å²) in [6.07, 6.45) is 5.03. The van der Waals surface area contributed by atoms with E-state index in [2.05, 4.69) is 5.32 Å². The number of piperidine rings is 1. The quantitative estimate of drug-likeness (QED) is 0.550. The third kappa shape index (κ3) is 2.11. The van der Waals surface area contributed by atoms with Crippen LogP contribution < -0.4 is 5.32 Å². The monoisotopic (exact) mass is 212 g/mol. The van der Waals surface area contributed by atoms with Crippen LogP contribution in [0.4, 0.5) is 0 Å². The first-order chi connectivity index (χ1) is 7.18. The van der Waals surface area contributed by atoms with Crippen LogP contribution in [0.25, 0.3) is 0 Å². The normalized spacial score (nSPS) is 32.7. The van der Waals surface area contributed by atoms with Gasteiger partial charge in [-0.3, -0.25) is 14.9 Å². The molecule has 0 aromatic rings. The zero-order valence-corrected chi connectivity index (χ0v) is 8.65. The molecule has 2 rings (SSSR count). The summed E-state index contributed by atoms with van der Waals surface area (Å²) in [5.41, 5.74) is 0. The molecule has 1 heterocycles. The SMILES string of the molecule is O=C1CC[C@@H]([N+](=O)[O-])[C@H](C2CCCC2)N1. The van der Waals surface area contributed by atoms with Gasteiger partial charge in [0.25, 0.3) is 0 Å². The lowest BCUT2D eigenvalue weighted by atomic mass is 9.87. The van der Waals surface area contributed by atoms with Gasteiger partial charge in [-0.25, -0.2) is 0 Å². The molecule has 1 amide bonds. The van der Waals surface area contributed by atoms with Crippen LogP contribution in [0, 0.1) is 16.0 Å². The van der Waals surface area contributed by atoms with E-state index in [1.807, 2.05) is 0 Å². The first-order valence-corrected chi connectivity index (χ1v) is 5.61. The van der Waals surface area contributed by atoms with Crippen molar-refractivity contribution >= 4 is 5.91 Å². The predicted octanol–water partition coefficient (Wildman–Crippen LogP) is 1.10. The van der Waals surface area contributed by atoms with Gasteiger partial charge in [-0.15, -0.1) is 0 Å². The molecule has 1 saturated heterocycles. The fourth-order valence-corrected chi connectivity index (χ4v) is 2.80. The van der Waals surface area contributed by atoms with Gasteiger partial charge in [-0.2, -0.15) is 0 Å². The number of nitro groups is 1. The van der Waals surface area contributed by atoms with Gasteiger partial charge < -0.3 is 5.32 Å². The molecule has 84 valence electrons. The summed E-state index contributed by atoms with van der Waals surface area (Å²) in [6.45, 7) is 0. The summed E-state index contributed by atoms with van der Waals surface area (Å²) in [5, 5.41) is 13.7. The Bertz CT molecular complexity index is 274. The molecule has 0 unspecified atom stereocenters. The van der Waals surface area contributed by atoms with Gasteiger partial charge in [-0.1, -0.05) is 12.8 Å². The molecule has 5 heteroatoms. The molecule has 1 N–H and O–H groups in total. The molecule has 0 bridgehead atoms. The molecule has 0 aromatic heterocycles. The topological polar surface area (TPSA) is 72.2 Å². The molecule has 1 aliphatic heterocycles. The Kier molecular flexibility index (Phi) is 2.88. The number of carbonyl (C=O) groups excluding carboxylic acids is 1. The summed E-state index contributed by atoms with van der Waals surface area (Å²) in [6, 6.07) is -0.783. The summed E-state index contributed by atoms with van der Waals surface area (Å²) in [4.78, 5) is 21.9. The van der Waals surface area contributed by atoms with Crippen LogP contribution in [0.5, 0.6) is 0 Å². The van der Waals surface area contributed by atoms with E-state index in [0.717, 1.165) is 25.7 Å². The summed E-state index contributed by atoms with van der Waals surface area (Å²) in [5.74, 6) is 0.301. The van der Waals surface area contributed by atoms with Crippen LogP contribution in [0.2, 0.25) is 0 Å². The largest absolute Gasteiger partial charge is 0.346 e. The highest BCUT2D eigenvalue weighted by atomic mass is 16.6. The molecular formula is C10H16N2O3. The number of nitrogens with one attached hydrogen (secondary N) is 1. The first-order valence-electron chi connectivity index (χ1n) is 5.61. The fraction of sp³-hybridized carbons (Fsp3) is 0.900. The third-order valence-corrected chi connectivity index (χ3v) is 3.59. The van der Waals surface area contributed by atoms with E-state index in [0.29, 0.717) is 18.8 Å². The van der Waals surface area contributed by atoms with Gasteiger partial charge in [0.05, 0.1) is 6.04 Å². The second-order valence-corrected chi connectivity index (χ2v) is 4.53. The minimum absolute atomic E-state index is 0.0231. The Morgan fingerprint density at radius 2 is 1.93 bits per heavy atom. The molecule has 5 nitrogen and oxygen atoms in total. The van der Waals surface area contributed by atoms with Crippen LogP contribution in [-0.2, 0) is 4.79 Å². The zero-order valence-electron chi connectivity index (χ0n) is 8.65. The molecule has 0 radical (unpaired) electrons. The lowest BCUT2D eigenvalue weighted by molar-refractivity contribution is -0.530. The molecule has 2 atom stereocenters. The van der Waals surface area contributed by atoms with Crippen molar-refractivity contribution in [1.29, 1.82) is 0 Å². The Hall–Kier alpha value is -1.13. The van der Waals surface area contributed by atoms with Gasteiger partial charge in [0.2, 0.25) is 11.9 Å². The van der Waals surface area contributed by atoms with E-state index < -0.39 is 6.04 Å². The highest BCUT2D eigenvalue weighted by Gasteiger charge is 2.42. The van der Waals surface area contributed by atoms with Crippen molar-refractivity contribution in [3.8, 4) is 0 Å². The van der Waals surface area contributed by atoms with Gasteiger partial charge in [0.15, 0.2) is 0 Å². The van der Waals surface area contributed by atoms with Crippen molar-refractivity contribution in [3.05, 3.63) is 10.1 Å². The molecular weight excluding hydrogens is 196 g/mol. The fourth-order valence-electron chi connectivity index (χ4n) is 2.80. The van der Waals surface area contributed by atoms with Crippen molar-refractivity contribution < 1.29 is 9.72 Å². The lowest BCUT2D eigenvalue weighted by Gasteiger charge is -2.30. The van der Waals surface area contributed by atoms with E-state index in [1.54, 1.807) is 0 Å². The minimum atomic E-state index is -0.564. The van der Waals surface area contributed by atoms with Crippen molar-refractivity contribution in [2.75, 3.05) is 0 Å². The van der Waals surface area contributed by atoms with E-state index in [4.69, 9.17) is 0 Å². The van der Waals surface area contributed by atoms with Gasteiger partial charge in [0, 0.05) is 17.8 Å². The number of carbonyl (C=O) groups is 1. The molecule has 0 spiro atoms. The Morgan fingerprint density at radius 1 is 1.27 bits per heavy atom. The van der Waals surface area contributed by atoms with Crippen LogP contribution in [-0.4, -0.2) is 22.9 Å². The molecule has 2 aliphatic rings. The van der Waals surface area contributed by atoms with Crippen LogP contribution >= 0.6 is 0 Å². The van der Waals surface area contributed by atoms with Crippen molar-refractivity contribution in [1.82, 2.24) is 5.32 Å². The standard InChI is InChI=1S/C10H16N2O3/c13-9-6-5-8(12(14)15)10(11-9)7-3-1-2-4-7/h7-8,10H,1-6H2,(H,11,13)/t8-,10+/m1/s1. The zero-order chi connectivity index (χ0) is 10.8. The average Bonchev–Trinajstić information content (AvgIpc) is 2.69. The highest BCUT2D eigenvalue weighted by Crippen LogP contribution is 2.32. The smallest absolute Gasteiger partial charge is 0.233 e. The maximum atomic E-state index is 11.3. The first kappa shape index (κ1) is 10.4. The number of amides is 1. The van der Waals surface area contributed by atoms with Crippen molar-refractivity contribution in [2.45, 2.75) is 50.6 Å². The van der Waals surface area contributed by atoms with Crippen LogP contribution in [0.15, 0.2) is 0 Å². The Morgan fingerprint density at radius 3 is 2.53 bits per heavy atom. The predicted molar refractivity (Wildman–Crippen MR) is 53.9 cm³/mol. The summed E-state index contributed by atoms with van der Waals surface area (Å²) in [7, 11) is 0. The highest BCUT2D eigenvalue weighted by molar-refractivity contribution is 5.77. The minimum Gasteiger partial charge on any atom is -0.346 e. The van der Waals surface area contributed by atoms with E-state index in [1.165, 1.54) is 0 Å². The molecule has 15 heavy (non-hydrogen) atoms. The number of hydrogen-bond acceptors (Lipinski definition) is 3. The maximum Gasteiger partial charge on any atom is 0.233 e.